The Kier molecular flexibility index (Phi) is 18.9. The molecule has 582 valence electrons. The van der Waals surface area contributed by atoms with Crippen molar-refractivity contribution in [3.63, 3.8) is 0 Å². The largest absolute Gasteiger partial charge is 0.459 e. The van der Waals surface area contributed by atoms with E-state index in [-0.39, 0.29) is 47.8 Å². The van der Waals surface area contributed by atoms with E-state index in [9.17, 15) is 28.8 Å². The standard InChI is InChI=1S/C17H25NO.2C16H23NO.C16H22O2.C15H21NO.C15H20O2/c1-9(2)17(19)18(3)14-8-12-7-13(14)16-11-5-4-10(6-11)15(12)16;1-8(2)16(18)17-13-7-11-6-12(13)15-10-4-3-9(5-10)14(11)15;1-3-14(18)17(2)13-8-11-7-12(13)16-10-5-4-9(6-10)15(11)16;1-8(2)16(17)18-13-7-11-6-12(13)15-10-4-3-9(5-10)14(11)15;1-2-13(17)16-12-7-10-6-11(12)15-9-4-3-8(5-9)14(10)15;1-2-13(16)17-12-7-10-6-11(12)15-9-4-3-8(5-9)14(10)15/h10-16H,1,4-8H2,2-3H3;9-15H,1,3-7H2,2H3,(H,17,18);3,9-13,15-16H,1,4-8H2,2H3;9-15H,1,3-7H2,2H3;2,8-12,14-15H,1,3-7H2,(H,16,17);2,8-12,14-15H,1,3-7H2. The number of carbonyl (C=O) groups excluding carboxylic acids is 6. The van der Waals surface area contributed by atoms with Crippen LogP contribution >= 0.6 is 0 Å². The minimum Gasteiger partial charge on any atom is -0.459 e. The average Bonchev–Trinajstić information content (AvgIpc) is 1.63. The van der Waals surface area contributed by atoms with Gasteiger partial charge in [-0.3, -0.25) is 19.2 Å². The van der Waals surface area contributed by atoms with Crippen LogP contribution in [0.3, 0.4) is 0 Å². The molecule has 0 aromatic carbocycles. The van der Waals surface area contributed by atoms with Gasteiger partial charge in [-0.2, -0.15) is 0 Å². The second-order valence-corrected chi connectivity index (χ2v) is 42.4. The predicted octanol–water partition coefficient (Wildman–Crippen LogP) is 16.9. The minimum atomic E-state index is -0.220. The van der Waals surface area contributed by atoms with E-state index in [0.29, 0.717) is 52.7 Å². The second-order valence-electron chi connectivity index (χ2n) is 42.4. The van der Waals surface area contributed by atoms with Crippen molar-refractivity contribution >= 4 is 35.6 Å². The van der Waals surface area contributed by atoms with Gasteiger partial charge in [0.25, 0.3) is 0 Å². The first-order valence-corrected chi connectivity index (χ1v) is 45.0. The van der Waals surface area contributed by atoms with Crippen LogP contribution in [0.25, 0.3) is 0 Å². The molecule has 12 heteroatoms. The number of nitrogens with zero attached hydrogens (tertiary/aromatic N) is 2. The highest BCUT2D eigenvalue weighted by Gasteiger charge is 2.69. The number of rotatable bonds is 12. The molecule has 24 aliphatic rings. The molecule has 42 unspecified atom stereocenters. The molecular formula is C95H134N4O8. The van der Waals surface area contributed by atoms with Crippen molar-refractivity contribution in [2.75, 3.05) is 14.1 Å². The highest BCUT2D eigenvalue weighted by atomic mass is 16.5. The molecule has 0 spiro atoms. The topological polar surface area (TPSA) is 151 Å². The van der Waals surface area contributed by atoms with Gasteiger partial charge in [-0.15, -0.1) is 0 Å². The third-order valence-electron chi connectivity index (χ3n) is 38.7. The first-order valence-electron chi connectivity index (χ1n) is 45.0. The summed E-state index contributed by atoms with van der Waals surface area (Å²) in [5.41, 5.74) is 1.89. The van der Waals surface area contributed by atoms with Crippen molar-refractivity contribution in [3.05, 3.63) is 74.4 Å². The normalized spacial score (nSPS) is 51.9. The van der Waals surface area contributed by atoms with E-state index in [1.165, 1.54) is 198 Å². The molecule has 24 fully saturated rings. The van der Waals surface area contributed by atoms with E-state index >= 15 is 0 Å². The lowest BCUT2D eigenvalue weighted by Gasteiger charge is -2.42. The van der Waals surface area contributed by atoms with Gasteiger partial charge in [0.1, 0.15) is 12.2 Å². The quantitative estimate of drug-likeness (QED) is 0.111. The molecule has 42 atom stereocenters. The highest BCUT2D eigenvalue weighted by Crippen LogP contribution is 2.74. The summed E-state index contributed by atoms with van der Waals surface area (Å²) in [6.07, 6.45) is 46.9. The van der Waals surface area contributed by atoms with Gasteiger partial charge >= 0.3 is 11.9 Å². The number of hydrogen-bond donors (Lipinski definition) is 2. The van der Waals surface area contributed by atoms with Crippen LogP contribution in [-0.2, 0) is 38.2 Å². The molecule has 0 aromatic heterocycles. The van der Waals surface area contributed by atoms with Crippen LogP contribution in [0.15, 0.2) is 74.4 Å². The maximum Gasteiger partial charge on any atom is 0.333 e. The number of esters is 2. The number of likely N-dealkylation sites (N-methyl/N-ethyl adjacent to an activating group) is 2. The van der Waals surface area contributed by atoms with E-state index in [2.05, 4.69) is 50.1 Å². The van der Waals surface area contributed by atoms with Crippen molar-refractivity contribution in [2.24, 2.45) is 213 Å². The van der Waals surface area contributed by atoms with Crippen molar-refractivity contribution in [2.45, 2.75) is 250 Å². The summed E-state index contributed by atoms with van der Waals surface area (Å²) in [6.45, 7) is 27.3. The third kappa shape index (κ3) is 11.8. The highest BCUT2D eigenvalue weighted by molar-refractivity contribution is 5.93. The predicted molar refractivity (Wildman–Crippen MR) is 416 cm³/mol. The van der Waals surface area contributed by atoms with Gasteiger partial charge in [-0.05, 0) is 439 Å². The van der Waals surface area contributed by atoms with E-state index in [1.807, 2.05) is 37.7 Å². The average molecular weight is 1460 g/mol. The Morgan fingerprint density at radius 3 is 0.991 bits per heavy atom. The van der Waals surface area contributed by atoms with Crippen molar-refractivity contribution in [1.29, 1.82) is 0 Å². The third-order valence-corrected chi connectivity index (χ3v) is 38.7. The number of nitrogens with one attached hydrogen (secondary N) is 2. The molecule has 0 saturated heterocycles. The summed E-state index contributed by atoms with van der Waals surface area (Å²) in [5, 5.41) is 6.42. The molecule has 0 aliphatic heterocycles. The van der Waals surface area contributed by atoms with Crippen LogP contribution in [-0.4, -0.2) is 95.8 Å². The van der Waals surface area contributed by atoms with Crippen LogP contribution in [0.1, 0.15) is 213 Å². The Balaban J connectivity index is 0.0000000876. The number of fused-ring (bicyclic) bond motifs is 54. The summed E-state index contributed by atoms with van der Waals surface area (Å²) in [5.74, 6) is 33.9. The van der Waals surface area contributed by atoms with Gasteiger partial charge < -0.3 is 29.9 Å². The number of carbonyl (C=O) groups is 6. The molecule has 0 heterocycles. The Morgan fingerprint density at radius 1 is 0.318 bits per heavy atom. The van der Waals surface area contributed by atoms with Crippen LogP contribution in [0.4, 0.5) is 0 Å². The van der Waals surface area contributed by atoms with E-state index in [0.717, 1.165) is 214 Å². The molecule has 0 radical (unpaired) electrons. The summed E-state index contributed by atoms with van der Waals surface area (Å²) in [7, 11) is 3.99. The molecular weight excluding hydrogens is 1330 g/mol. The molecule has 24 bridgehead atoms. The molecule has 0 aromatic rings. The zero-order valence-corrected chi connectivity index (χ0v) is 66.1. The van der Waals surface area contributed by atoms with Crippen LogP contribution < -0.4 is 10.6 Å². The van der Waals surface area contributed by atoms with Gasteiger partial charge in [-0.1, -0.05) is 39.5 Å². The lowest BCUT2D eigenvalue weighted by Crippen LogP contribution is -2.46. The van der Waals surface area contributed by atoms with Gasteiger partial charge in [0, 0.05) is 61.1 Å². The second kappa shape index (κ2) is 27.8. The SMILES string of the molecule is C=C(C)C(=O)N(C)C1CC2CC1C1C3CCC(C3)C21.C=C(C)C(=O)NC1CC2CC1C1C3CCC(C3)C21.C=C(C)C(=O)OC1CC2CC1C1C3CCC(C3)C21.C=CC(=O)N(C)C1CC2CC1C1C3CCC(C3)C21.C=CC(=O)NC1CC2CC1C1C3CCC(C3)C21.C=CC(=O)OC1CC2CC1C1C3CCC(C3)C21. The summed E-state index contributed by atoms with van der Waals surface area (Å²) >= 11 is 0. The summed E-state index contributed by atoms with van der Waals surface area (Å²) < 4.78 is 11.2. The van der Waals surface area contributed by atoms with Gasteiger partial charge in [0.2, 0.25) is 23.6 Å². The van der Waals surface area contributed by atoms with Gasteiger partial charge in [-0.25, -0.2) is 9.59 Å². The monoisotopic (exact) mass is 1460 g/mol. The number of hydrogen-bond acceptors (Lipinski definition) is 8. The summed E-state index contributed by atoms with van der Waals surface area (Å²) in [4.78, 5) is 74.4. The van der Waals surface area contributed by atoms with Crippen LogP contribution in [0.2, 0.25) is 0 Å². The lowest BCUT2D eigenvalue weighted by atomic mass is 9.69. The van der Waals surface area contributed by atoms with Crippen molar-refractivity contribution in [3.8, 4) is 0 Å². The fourth-order valence-electron chi connectivity index (χ4n) is 36.4. The molecule has 2 N–H and O–H groups in total. The van der Waals surface area contributed by atoms with Crippen LogP contribution in [0, 0.1) is 213 Å². The Labute approximate surface area is 642 Å². The molecule has 12 nitrogen and oxygen atoms in total. The van der Waals surface area contributed by atoms with E-state index in [1.54, 1.807) is 6.92 Å². The van der Waals surface area contributed by atoms with Crippen molar-refractivity contribution in [1.82, 2.24) is 20.4 Å². The van der Waals surface area contributed by atoms with Crippen LogP contribution in [0.5, 0.6) is 0 Å². The van der Waals surface area contributed by atoms with E-state index < -0.39 is 0 Å². The fraction of sp³-hybridized carbons (Fsp3) is 0.811. The molecule has 24 aliphatic carbocycles. The minimum absolute atomic E-state index is 0.0299. The lowest BCUT2D eigenvalue weighted by molar-refractivity contribution is -0.149. The van der Waals surface area contributed by atoms with Crippen molar-refractivity contribution < 1.29 is 38.2 Å². The zero-order chi connectivity index (χ0) is 73.8. The number of ether oxygens (including phenoxy) is 2. The number of amides is 4. The first-order chi connectivity index (χ1) is 51.6. The molecule has 24 saturated carbocycles. The Bertz CT molecular complexity index is 3460. The summed E-state index contributed by atoms with van der Waals surface area (Å²) in [6, 6.07) is 1.95. The Hall–Kier alpha value is -4.74. The fourth-order valence-corrected chi connectivity index (χ4v) is 36.4. The van der Waals surface area contributed by atoms with Gasteiger partial charge in [0.15, 0.2) is 0 Å². The molecule has 4 amide bonds. The molecule has 107 heavy (non-hydrogen) atoms. The maximum absolute atomic E-state index is 12.2. The smallest absolute Gasteiger partial charge is 0.333 e. The maximum atomic E-state index is 12.2. The first kappa shape index (κ1) is 72.5. The van der Waals surface area contributed by atoms with E-state index in [4.69, 9.17) is 9.47 Å². The van der Waals surface area contributed by atoms with Gasteiger partial charge in [0.05, 0.1) is 0 Å². The Morgan fingerprint density at radius 2 is 0.636 bits per heavy atom. The zero-order valence-electron chi connectivity index (χ0n) is 66.1. The molecule has 24 rings (SSSR count).